The van der Waals surface area contributed by atoms with Crippen LogP contribution in [-0.2, 0) is 29.6 Å². The number of rotatable bonds is 7. The summed E-state index contributed by atoms with van der Waals surface area (Å²) in [6.07, 6.45) is 0. The van der Waals surface area contributed by atoms with Crippen LogP contribution >= 0.6 is 22.9 Å². The van der Waals surface area contributed by atoms with Crippen molar-refractivity contribution in [1.82, 2.24) is 8.61 Å². The molecule has 30 heavy (non-hydrogen) atoms. The Morgan fingerprint density at radius 3 is 2.57 bits per heavy atom. The van der Waals surface area contributed by atoms with Gasteiger partial charge >= 0.3 is 0 Å². The number of thiophene rings is 1. The maximum absolute atomic E-state index is 12.9. The molecule has 2 aromatic rings. The van der Waals surface area contributed by atoms with Gasteiger partial charge in [0.05, 0.1) is 24.8 Å². The van der Waals surface area contributed by atoms with Crippen molar-refractivity contribution < 1.29 is 26.4 Å². The summed E-state index contributed by atoms with van der Waals surface area (Å²) in [7, 11) is -6.35. The van der Waals surface area contributed by atoms with Crippen molar-refractivity contribution in [3.05, 3.63) is 40.7 Å². The van der Waals surface area contributed by atoms with Gasteiger partial charge in [-0.15, -0.1) is 11.3 Å². The van der Waals surface area contributed by atoms with Crippen LogP contribution in [0, 0.1) is 0 Å². The number of ether oxygens (including phenoxy) is 1. The van der Waals surface area contributed by atoms with E-state index < -0.39 is 32.5 Å². The first-order chi connectivity index (χ1) is 14.1. The molecular weight excluding hydrogens is 474 g/mol. The van der Waals surface area contributed by atoms with E-state index in [0.29, 0.717) is 13.2 Å². The lowest BCUT2D eigenvalue weighted by Crippen LogP contribution is -2.40. The number of anilines is 1. The summed E-state index contributed by atoms with van der Waals surface area (Å²) >= 11 is 7.15. The first-order valence-electron chi connectivity index (χ1n) is 8.79. The number of likely N-dealkylation sites (N-methyl/N-ethyl adjacent to an activating group) is 1. The molecule has 1 saturated heterocycles. The van der Waals surface area contributed by atoms with Gasteiger partial charge in [0.15, 0.2) is 0 Å². The molecule has 1 fully saturated rings. The number of amides is 1. The molecule has 9 nitrogen and oxygen atoms in total. The van der Waals surface area contributed by atoms with Crippen molar-refractivity contribution in [3.8, 4) is 0 Å². The molecule has 3 rings (SSSR count). The lowest BCUT2D eigenvalue weighted by atomic mass is 10.3. The Hall–Kier alpha value is -1.54. The molecular formula is C17H20ClN3O6S3. The first-order valence-corrected chi connectivity index (χ1v) is 12.9. The van der Waals surface area contributed by atoms with E-state index in [0.717, 1.165) is 15.6 Å². The summed E-state index contributed by atoms with van der Waals surface area (Å²) in [5, 5.41) is 4.18. The van der Waals surface area contributed by atoms with E-state index in [1.54, 1.807) is 11.4 Å². The van der Waals surface area contributed by atoms with E-state index in [1.807, 2.05) is 0 Å². The number of halogens is 1. The molecule has 1 N–H and O–H groups in total. The highest BCUT2D eigenvalue weighted by Gasteiger charge is 2.29. The minimum absolute atomic E-state index is 0.0249. The van der Waals surface area contributed by atoms with Gasteiger partial charge in [0.2, 0.25) is 15.9 Å². The summed E-state index contributed by atoms with van der Waals surface area (Å²) in [4.78, 5) is 12.2. The van der Waals surface area contributed by atoms with Crippen LogP contribution in [0.4, 0.5) is 5.69 Å². The molecule has 1 amide bonds. The lowest BCUT2D eigenvalue weighted by molar-refractivity contribution is -0.116. The second kappa shape index (κ2) is 9.30. The van der Waals surface area contributed by atoms with Crippen LogP contribution < -0.4 is 5.32 Å². The Morgan fingerprint density at radius 1 is 1.23 bits per heavy atom. The van der Waals surface area contributed by atoms with Gasteiger partial charge in [0, 0.05) is 25.8 Å². The Bertz CT molecular complexity index is 1110. The number of nitrogens with zero attached hydrogens (tertiary/aromatic N) is 2. The molecule has 0 saturated carbocycles. The van der Waals surface area contributed by atoms with Crippen molar-refractivity contribution in [2.75, 3.05) is 45.2 Å². The smallest absolute Gasteiger partial charge is 0.252 e. The Morgan fingerprint density at radius 2 is 1.93 bits per heavy atom. The molecule has 1 aliphatic heterocycles. The van der Waals surface area contributed by atoms with Gasteiger partial charge in [0.25, 0.3) is 10.0 Å². The first kappa shape index (κ1) is 23.1. The van der Waals surface area contributed by atoms with E-state index in [-0.39, 0.29) is 32.9 Å². The number of carbonyl (C=O) groups excluding carboxylic acids is 1. The normalized spacial score (nSPS) is 16.0. The molecule has 164 valence electrons. The average molecular weight is 494 g/mol. The van der Waals surface area contributed by atoms with Gasteiger partial charge < -0.3 is 10.1 Å². The second-order valence-electron chi connectivity index (χ2n) is 6.40. The van der Waals surface area contributed by atoms with Crippen molar-refractivity contribution in [3.63, 3.8) is 0 Å². The number of nitrogens with one attached hydrogen (secondary N) is 1. The van der Waals surface area contributed by atoms with E-state index >= 15 is 0 Å². The highest BCUT2D eigenvalue weighted by molar-refractivity contribution is 7.91. The summed E-state index contributed by atoms with van der Waals surface area (Å²) in [5.41, 5.74) is 0.193. The predicted molar refractivity (Wildman–Crippen MR) is 114 cm³/mol. The van der Waals surface area contributed by atoms with Crippen LogP contribution in [0.1, 0.15) is 0 Å². The number of morpholine rings is 1. The fourth-order valence-electron chi connectivity index (χ4n) is 2.76. The largest absolute Gasteiger partial charge is 0.379 e. The molecule has 0 atom stereocenters. The molecule has 2 heterocycles. The molecule has 1 aromatic carbocycles. The Labute approximate surface area is 184 Å². The topological polar surface area (TPSA) is 113 Å². The second-order valence-corrected chi connectivity index (χ2v) is 11.9. The molecule has 1 aliphatic rings. The summed E-state index contributed by atoms with van der Waals surface area (Å²) < 4.78 is 58.1. The summed E-state index contributed by atoms with van der Waals surface area (Å²) in [6, 6.07) is 7.15. The van der Waals surface area contributed by atoms with Gasteiger partial charge in [-0.1, -0.05) is 17.7 Å². The average Bonchev–Trinajstić information content (AvgIpc) is 3.25. The highest BCUT2D eigenvalue weighted by Crippen LogP contribution is 2.28. The lowest BCUT2D eigenvalue weighted by Gasteiger charge is -2.26. The molecule has 1 aromatic heterocycles. The van der Waals surface area contributed by atoms with E-state index in [9.17, 15) is 21.6 Å². The fourth-order valence-corrected chi connectivity index (χ4v) is 6.99. The maximum Gasteiger partial charge on any atom is 0.252 e. The van der Waals surface area contributed by atoms with Crippen LogP contribution in [-0.4, -0.2) is 71.2 Å². The third kappa shape index (κ3) is 5.02. The third-order valence-electron chi connectivity index (χ3n) is 4.33. The van der Waals surface area contributed by atoms with Crippen LogP contribution in [0.25, 0.3) is 0 Å². The van der Waals surface area contributed by atoms with Gasteiger partial charge in [-0.3, -0.25) is 4.79 Å². The number of carbonyl (C=O) groups is 1. The quantitative estimate of drug-likeness (QED) is 0.627. The van der Waals surface area contributed by atoms with Crippen molar-refractivity contribution >= 4 is 54.6 Å². The van der Waals surface area contributed by atoms with Gasteiger partial charge in [0.1, 0.15) is 9.10 Å². The number of hydrogen-bond donors (Lipinski definition) is 1. The zero-order valence-corrected chi connectivity index (χ0v) is 19.2. The maximum atomic E-state index is 12.9. The predicted octanol–water partition coefficient (Wildman–Crippen LogP) is 1.68. The number of hydrogen-bond acceptors (Lipinski definition) is 7. The monoisotopic (exact) mass is 493 g/mol. The number of benzene rings is 1. The summed E-state index contributed by atoms with van der Waals surface area (Å²) in [5.74, 6) is -0.616. The van der Waals surface area contributed by atoms with E-state index in [1.165, 1.54) is 35.6 Å². The van der Waals surface area contributed by atoms with Crippen LogP contribution in [0.15, 0.2) is 44.8 Å². The summed E-state index contributed by atoms with van der Waals surface area (Å²) in [6.45, 7) is 0.562. The van der Waals surface area contributed by atoms with Crippen molar-refractivity contribution in [1.29, 1.82) is 0 Å². The van der Waals surface area contributed by atoms with Gasteiger partial charge in [-0.25, -0.2) is 16.8 Å². The minimum atomic E-state index is -3.86. The minimum Gasteiger partial charge on any atom is -0.379 e. The zero-order chi connectivity index (χ0) is 21.9. The fraction of sp³-hybridized carbons (Fsp3) is 0.353. The van der Waals surface area contributed by atoms with Crippen LogP contribution in [0.5, 0.6) is 0 Å². The van der Waals surface area contributed by atoms with Gasteiger partial charge in [-0.2, -0.15) is 8.61 Å². The highest BCUT2D eigenvalue weighted by atomic mass is 35.5. The molecule has 0 bridgehead atoms. The molecule has 0 aliphatic carbocycles. The number of sulfonamides is 2. The Kier molecular flexibility index (Phi) is 7.17. The zero-order valence-electron chi connectivity index (χ0n) is 15.9. The molecule has 0 unspecified atom stereocenters. The van der Waals surface area contributed by atoms with Crippen LogP contribution in [0.3, 0.4) is 0 Å². The van der Waals surface area contributed by atoms with E-state index in [2.05, 4.69) is 5.32 Å². The SMILES string of the molecule is CN(CC(=O)Nc1ccc(Cl)c(S(=O)(=O)N2CCOCC2)c1)S(=O)(=O)c1cccs1. The molecule has 0 spiro atoms. The van der Waals surface area contributed by atoms with Crippen molar-refractivity contribution in [2.24, 2.45) is 0 Å². The van der Waals surface area contributed by atoms with Crippen LogP contribution in [0.2, 0.25) is 5.02 Å². The third-order valence-corrected chi connectivity index (χ3v) is 9.89. The standard InChI is InChI=1S/C17H20ClN3O6S3/c1-20(30(25,26)17-3-2-10-28-17)12-16(22)19-13-4-5-14(18)15(11-13)29(23,24)21-6-8-27-9-7-21/h2-5,10-11H,6-9,12H2,1H3,(H,19,22). The van der Waals surface area contributed by atoms with Gasteiger partial charge in [-0.05, 0) is 29.6 Å². The molecule has 13 heteroatoms. The van der Waals surface area contributed by atoms with Crippen molar-refractivity contribution in [2.45, 2.75) is 9.10 Å². The Balaban J connectivity index is 1.74. The van der Waals surface area contributed by atoms with E-state index in [4.69, 9.17) is 16.3 Å². The molecule has 0 radical (unpaired) electrons.